The van der Waals surface area contributed by atoms with Crippen LogP contribution in [0.2, 0.25) is 0 Å². The second-order valence-corrected chi connectivity index (χ2v) is 5.39. The van der Waals surface area contributed by atoms with Crippen LogP contribution in [0.4, 0.5) is 0 Å². The summed E-state index contributed by atoms with van der Waals surface area (Å²) >= 11 is 5.09. The summed E-state index contributed by atoms with van der Waals surface area (Å²) in [6.45, 7) is 0.599. The van der Waals surface area contributed by atoms with Gasteiger partial charge in [0.15, 0.2) is 5.75 Å². The molecule has 5 heteroatoms. The van der Waals surface area contributed by atoms with Gasteiger partial charge in [0.1, 0.15) is 6.61 Å². The summed E-state index contributed by atoms with van der Waals surface area (Å²) in [5.41, 5.74) is 0. The second kappa shape index (κ2) is 4.14. The third kappa shape index (κ3) is 2.36. The van der Waals surface area contributed by atoms with Gasteiger partial charge < -0.3 is 4.74 Å². The van der Waals surface area contributed by atoms with E-state index in [4.69, 9.17) is 4.74 Å². The molecule has 0 bridgehead atoms. The molecule has 0 N–H and O–H groups in total. The van der Waals surface area contributed by atoms with E-state index in [2.05, 4.69) is 21.0 Å². The van der Waals surface area contributed by atoms with Gasteiger partial charge in [0, 0.05) is 11.9 Å². The van der Waals surface area contributed by atoms with Gasteiger partial charge in [-0.1, -0.05) is 0 Å². The first kappa shape index (κ1) is 9.73. The fraction of sp³-hybridized carbons (Fsp3) is 0.222. The Labute approximate surface area is 94.4 Å². The molecule has 74 valence electrons. The maximum atomic E-state index is 5.53. The Morgan fingerprint density at radius 3 is 3.00 bits per heavy atom. The van der Waals surface area contributed by atoms with Crippen molar-refractivity contribution in [2.45, 2.75) is 6.61 Å². The van der Waals surface area contributed by atoms with Crippen molar-refractivity contribution in [2.24, 2.45) is 7.05 Å². The molecular formula is C9H9BrN2OS. The number of nitrogens with zero attached hydrogens (tertiary/aromatic N) is 2. The van der Waals surface area contributed by atoms with Gasteiger partial charge in [-0.3, -0.25) is 4.68 Å². The number of thiophene rings is 1. The van der Waals surface area contributed by atoms with E-state index in [1.54, 1.807) is 22.2 Å². The zero-order chi connectivity index (χ0) is 9.97. The molecule has 2 rings (SSSR count). The number of aromatic nitrogens is 2. The molecule has 0 saturated heterocycles. The topological polar surface area (TPSA) is 27.1 Å². The Bertz CT molecular complexity index is 384. The Morgan fingerprint density at radius 1 is 1.57 bits per heavy atom. The van der Waals surface area contributed by atoms with Crippen molar-refractivity contribution < 1.29 is 4.74 Å². The first-order chi connectivity index (χ1) is 6.74. The summed E-state index contributed by atoms with van der Waals surface area (Å²) in [6, 6.07) is 4.07. The van der Waals surface area contributed by atoms with Crippen molar-refractivity contribution in [1.29, 1.82) is 0 Å². The van der Waals surface area contributed by atoms with Crippen molar-refractivity contribution in [3.05, 3.63) is 33.2 Å². The zero-order valence-corrected chi connectivity index (χ0v) is 10.0. The highest BCUT2D eigenvalue weighted by Gasteiger charge is 2.00. The van der Waals surface area contributed by atoms with Crippen LogP contribution in [0.3, 0.4) is 0 Å². The molecular weight excluding hydrogens is 264 g/mol. The standard InChI is InChI=1S/C9H9BrN2OS/c1-12-5-7(4-11-12)13-6-8-2-3-9(10)14-8/h2-5H,6H2,1H3. The highest BCUT2D eigenvalue weighted by atomic mass is 79.9. The Hall–Kier alpha value is -0.810. The molecule has 0 aliphatic carbocycles. The third-order valence-corrected chi connectivity index (χ3v) is 3.29. The van der Waals surface area contributed by atoms with Gasteiger partial charge in [-0.05, 0) is 28.1 Å². The predicted octanol–water partition coefficient (Wildman–Crippen LogP) is 2.82. The summed E-state index contributed by atoms with van der Waals surface area (Å²) in [5.74, 6) is 0.803. The van der Waals surface area contributed by atoms with E-state index < -0.39 is 0 Å². The average Bonchev–Trinajstić information content (AvgIpc) is 2.72. The summed E-state index contributed by atoms with van der Waals surface area (Å²) < 4.78 is 8.38. The lowest BCUT2D eigenvalue weighted by Crippen LogP contribution is -1.91. The van der Waals surface area contributed by atoms with Crippen LogP contribution in [0.15, 0.2) is 28.3 Å². The largest absolute Gasteiger partial charge is 0.485 e. The van der Waals surface area contributed by atoms with E-state index >= 15 is 0 Å². The fourth-order valence-corrected chi connectivity index (χ4v) is 2.45. The molecule has 0 aliphatic rings. The minimum absolute atomic E-state index is 0.599. The Kier molecular flexibility index (Phi) is 2.88. The molecule has 2 aromatic heterocycles. The van der Waals surface area contributed by atoms with Gasteiger partial charge in [-0.15, -0.1) is 11.3 Å². The van der Waals surface area contributed by atoms with Crippen LogP contribution in [0.5, 0.6) is 5.75 Å². The zero-order valence-electron chi connectivity index (χ0n) is 7.61. The molecule has 0 aromatic carbocycles. The van der Waals surface area contributed by atoms with Crippen molar-refractivity contribution in [3.63, 3.8) is 0 Å². The Balaban J connectivity index is 1.94. The van der Waals surface area contributed by atoms with Crippen LogP contribution in [0.1, 0.15) is 4.88 Å². The number of halogens is 1. The summed E-state index contributed by atoms with van der Waals surface area (Å²) in [4.78, 5) is 1.20. The molecule has 0 radical (unpaired) electrons. The average molecular weight is 273 g/mol. The van der Waals surface area contributed by atoms with Crippen LogP contribution < -0.4 is 4.74 Å². The highest BCUT2D eigenvalue weighted by molar-refractivity contribution is 9.11. The first-order valence-corrected chi connectivity index (χ1v) is 5.70. The fourth-order valence-electron chi connectivity index (χ4n) is 1.06. The van der Waals surface area contributed by atoms with Crippen LogP contribution >= 0.6 is 27.3 Å². The van der Waals surface area contributed by atoms with Crippen molar-refractivity contribution in [3.8, 4) is 5.75 Å². The van der Waals surface area contributed by atoms with E-state index in [1.807, 2.05) is 25.4 Å². The van der Waals surface area contributed by atoms with E-state index in [1.165, 1.54) is 4.88 Å². The lowest BCUT2D eigenvalue weighted by atomic mass is 10.5. The number of ether oxygens (including phenoxy) is 1. The molecule has 0 aliphatic heterocycles. The van der Waals surface area contributed by atoms with Gasteiger partial charge in [-0.2, -0.15) is 5.10 Å². The molecule has 2 aromatic rings. The molecule has 14 heavy (non-hydrogen) atoms. The predicted molar refractivity (Wildman–Crippen MR) is 59.6 cm³/mol. The van der Waals surface area contributed by atoms with Gasteiger partial charge in [0.05, 0.1) is 16.2 Å². The van der Waals surface area contributed by atoms with E-state index in [9.17, 15) is 0 Å². The smallest absolute Gasteiger partial charge is 0.157 e. The summed E-state index contributed by atoms with van der Waals surface area (Å²) in [5, 5.41) is 4.02. The maximum Gasteiger partial charge on any atom is 0.157 e. The molecule has 0 unspecified atom stereocenters. The molecule has 0 atom stereocenters. The van der Waals surface area contributed by atoms with Gasteiger partial charge in [0.25, 0.3) is 0 Å². The van der Waals surface area contributed by atoms with E-state index in [0.29, 0.717) is 6.61 Å². The third-order valence-electron chi connectivity index (χ3n) is 1.69. The quantitative estimate of drug-likeness (QED) is 0.859. The first-order valence-electron chi connectivity index (χ1n) is 4.10. The Morgan fingerprint density at radius 2 is 2.43 bits per heavy atom. The van der Waals surface area contributed by atoms with Crippen molar-refractivity contribution >= 4 is 27.3 Å². The van der Waals surface area contributed by atoms with Crippen LogP contribution in [-0.2, 0) is 13.7 Å². The normalized spacial score (nSPS) is 10.4. The maximum absolute atomic E-state index is 5.53. The molecule has 0 saturated carbocycles. The van der Waals surface area contributed by atoms with Gasteiger partial charge >= 0.3 is 0 Å². The number of aryl methyl sites for hydroxylation is 1. The van der Waals surface area contributed by atoms with Crippen LogP contribution in [0, 0.1) is 0 Å². The number of rotatable bonds is 3. The highest BCUT2D eigenvalue weighted by Crippen LogP contribution is 2.23. The molecule has 0 fully saturated rings. The minimum Gasteiger partial charge on any atom is -0.485 e. The van der Waals surface area contributed by atoms with E-state index in [-0.39, 0.29) is 0 Å². The van der Waals surface area contributed by atoms with Crippen molar-refractivity contribution in [2.75, 3.05) is 0 Å². The number of hydrogen-bond acceptors (Lipinski definition) is 3. The van der Waals surface area contributed by atoms with Gasteiger partial charge in [0.2, 0.25) is 0 Å². The molecule has 0 spiro atoms. The lowest BCUT2D eigenvalue weighted by Gasteiger charge is -1.99. The van der Waals surface area contributed by atoms with Gasteiger partial charge in [-0.25, -0.2) is 0 Å². The SMILES string of the molecule is Cn1cc(OCc2ccc(Br)s2)cn1. The molecule has 3 nitrogen and oxygen atoms in total. The number of hydrogen-bond donors (Lipinski definition) is 0. The summed E-state index contributed by atoms with van der Waals surface area (Å²) in [7, 11) is 1.87. The molecule has 0 amide bonds. The molecule has 2 heterocycles. The summed E-state index contributed by atoms with van der Waals surface area (Å²) in [6.07, 6.45) is 3.56. The lowest BCUT2D eigenvalue weighted by molar-refractivity contribution is 0.309. The monoisotopic (exact) mass is 272 g/mol. The van der Waals surface area contributed by atoms with E-state index in [0.717, 1.165) is 9.54 Å². The van der Waals surface area contributed by atoms with Crippen LogP contribution in [0.25, 0.3) is 0 Å². The second-order valence-electron chi connectivity index (χ2n) is 2.84. The minimum atomic E-state index is 0.599. The van der Waals surface area contributed by atoms with Crippen LogP contribution in [-0.4, -0.2) is 9.78 Å². The van der Waals surface area contributed by atoms with Crippen molar-refractivity contribution in [1.82, 2.24) is 9.78 Å².